The van der Waals surface area contributed by atoms with E-state index in [0.29, 0.717) is 31.3 Å². The lowest BCUT2D eigenvalue weighted by Crippen LogP contribution is -2.39. The number of aryl methyl sites for hydroxylation is 1. The second-order valence-electron chi connectivity index (χ2n) is 5.97. The Kier molecular flexibility index (Phi) is 7.03. The molecule has 3 nitrogen and oxygen atoms in total. The first-order chi connectivity index (χ1) is 12.5. The van der Waals surface area contributed by atoms with Crippen molar-refractivity contribution in [1.82, 2.24) is 4.90 Å². The maximum atomic E-state index is 12.2. The second kappa shape index (κ2) is 9.26. The molecule has 0 aliphatic carbocycles. The molecule has 1 aliphatic rings. The molecule has 0 radical (unpaired) electrons. The van der Waals surface area contributed by atoms with Crippen molar-refractivity contribution in [3.05, 3.63) is 62.2 Å². The van der Waals surface area contributed by atoms with E-state index in [1.54, 1.807) is 28.8 Å². The number of amides is 1. The summed E-state index contributed by atoms with van der Waals surface area (Å²) in [4.78, 5) is 16.3. The molecule has 2 aromatic carbocycles. The average Bonchev–Trinajstić information content (AvgIpc) is 2.65. The number of hydrogen-bond donors (Lipinski definition) is 0. The van der Waals surface area contributed by atoms with Gasteiger partial charge in [-0.3, -0.25) is 4.79 Å². The van der Waals surface area contributed by atoms with Crippen LogP contribution in [-0.4, -0.2) is 37.1 Å². The van der Waals surface area contributed by atoms with Crippen LogP contribution < -0.4 is 0 Å². The van der Waals surface area contributed by atoms with Crippen LogP contribution in [0.5, 0.6) is 0 Å². The number of ether oxygens (including phenoxy) is 1. The summed E-state index contributed by atoms with van der Waals surface area (Å²) < 4.78 is 6.49. The zero-order valence-corrected chi connectivity index (χ0v) is 18.1. The fourth-order valence-electron chi connectivity index (χ4n) is 2.60. The minimum Gasteiger partial charge on any atom is -0.378 e. The van der Waals surface area contributed by atoms with Crippen molar-refractivity contribution in [3.8, 4) is 0 Å². The first-order valence-electron chi connectivity index (χ1n) is 8.31. The zero-order valence-electron chi connectivity index (χ0n) is 14.4. The summed E-state index contributed by atoms with van der Waals surface area (Å²) in [6, 6.07) is 12.4. The molecule has 2 aromatic rings. The van der Waals surface area contributed by atoms with Crippen LogP contribution in [0.25, 0.3) is 6.08 Å². The van der Waals surface area contributed by atoms with Crippen molar-refractivity contribution < 1.29 is 9.53 Å². The second-order valence-corrected chi connectivity index (χ2v) is 8.73. The largest absolute Gasteiger partial charge is 0.378 e. The standard InChI is InChI=1S/C20H19ClINO2S/c1-14-12-15(2-7-20(24)23-8-10-25-11-9-23)18(21)13-19(14)26-17-5-3-16(22)4-6-17/h2-7,12-13H,8-11H2,1H3/b7-2+. The van der Waals surface area contributed by atoms with Crippen LogP contribution >= 0.6 is 46.0 Å². The maximum Gasteiger partial charge on any atom is 0.246 e. The molecule has 1 saturated heterocycles. The van der Waals surface area contributed by atoms with Gasteiger partial charge in [-0.2, -0.15) is 0 Å². The Labute approximate surface area is 176 Å². The van der Waals surface area contributed by atoms with E-state index >= 15 is 0 Å². The third kappa shape index (κ3) is 5.25. The Morgan fingerprint density at radius 2 is 1.92 bits per heavy atom. The van der Waals surface area contributed by atoms with E-state index in [-0.39, 0.29) is 5.91 Å². The highest BCUT2D eigenvalue weighted by atomic mass is 127. The SMILES string of the molecule is Cc1cc(/C=C/C(=O)N2CCOCC2)c(Cl)cc1Sc1ccc(I)cc1. The van der Waals surface area contributed by atoms with Gasteiger partial charge in [0, 0.05) is 37.5 Å². The summed E-state index contributed by atoms with van der Waals surface area (Å²) in [5.41, 5.74) is 1.99. The highest BCUT2D eigenvalue weighted by Gasteiger charge is 2.14. The van der Waals surface area contributed by atoms with Crippen LogP contribution in [0, 0.1) is 10.5 Å². The molecule has 3 rings (SSSR count). The third-order valence-corrected chi connectivity index (χ3v) is 6.28. The Balaban J connectivity index is 1.73. The summed E-state index contributed by atoms with van der Waals surface area (Å²) >= 11 is 10.4. The molecule has 26 heavy (non-hydrogen) atoms. The number of morpholine rings is 1. The lowest BCUT2D eigenvalue weighted by atomic mass is 10.1. The molecule has 0 spiro atoms. The molecule has 1 aliphatic heterocycles. The van der Waals surface area contributed by atoms with Crippen molar-refractivity contribution in [2.75, 3.05) is 26.3 Å². The predicted molar refractivity (Wildman–Crippen MR) is 116 cm³/mol. The molecule has 1 heterocycles. The molecule has 1 amide bonds. The molecule has 1 fully saturated rings. The van der Waals surface area contributed by atoms with Crippen molar-refractivity contribution in [3.63, 3.8) is 0 Å². The van der Waals surface area contributed by atoms with Gasteiger partial charge in [0.2, 0.25) is 5.91 Å². The lowest BCUT2D eigenvalue weighted by molar-refractivity contribution is -0.129. The van der Waals surface area contributed by atoms with Crippen LogP contribution in [0.4, 0.5) is 0 Å². The minimum absolute atomic E-state index is 0.000593. The van der Waals surface area contributed by atoms with Gasteiger partial charge in [-0.25, -0.2) is 0 Å². The van der Waals surface area contributed by atoms with Gasteiger partial charge in [0.15, 0.2) is 0 Å². The number of nitrogens with zero attached hydrogens (tertiary/aromatic N) is 1. The topological polar surface area (TPSA) is 29.5 Å². The highest BCUT2D eigenvalue weighted by Crippen LogP contribution is 2.34. The van der Waals surface area contributed by atoms with Gasteiger partial charge in [-0.15, -0.1) is 0 Å². The number of carbonyl (C=O) groups excluding carboxylic acids is 1. The number of rotatable bonds is 4. The fourth-order valence-corrected chi connectivity index (χ4v) is 4.18. The van der Waals surface area contributed by atoms with Crippen molar-refractivity contribution >= 4 is 57.9 Å². The third-order valence-electron chi connectivity index (χ3n) is 4.06. The number of carbonyl (C=O) groups is 1. The molecule has 6 heteroatoms. The van der Waals surface area contributed by atoms with E-state index < -0.39 is 0 Å². The van der Waals surface area contributed by atoms with Gasteiger partial charge in [0.05, 0.1) is 13.2 Å². The van der Waals surface area contributed by atoms with Gasteiger partial charge in [0.1, 0.15) is 0 Å². The predicted octanol–water partition coefficient (Wildman–Crippen LogP) is 5.28. The van der Waals surface area contributed by atoms with Gasteiger partial charge in [-0.05, 0) is 83.1 Å². The van der Waals surface area contributed by atoms with Crippen molar-refractivity contribution in [1.29, 1.82) is 0 Å². The normalized spacial score (nSPS) is 14.8. The van der Waals surface area contributed by atoms with Gasteiger partial charge in [-0.1, -0.05) is 23.4 Å². The van der Waals surface area contributed by atoms with Crippen LogP contribution in [0.3, 0.4) is 0 Å². The maximum absolute atomic E-state index is 12.2. The summed E-state index contributed by atoms with van der Waals surface area (Å²) in [5, 5.41) is 0.648. The average molecular weight is 500 g/mol. The Bertz CT molecular complexity index is 817. The summed E-state index contributed by atoms with van der Waals surface area (Å²) in [5.74, 6) is -0.000593. The first kappa shape index (κ1) is 19.7. The Morgan fingerprint density at radius 1 is 1.23 bits per heavy atom. The number of hydrogen-bond acceptors (Lipinski definition) is 3. The van der Waals surface area contributed by atoms with Crippen molar-refractivity contribution in [2.24, 2.45) is 0 Å². The number of halogens is 2. The molecular formula is C20H19ClINO2S. The van der Waals surface area contributed by atoms with Crippen LogP contribution in [0.15, 0.2) is 52.3 Å². The molecule has 0 aromatic heterocycles. The number of benzene rings is 2. The quantitative estimate of drug-likeness (QED) is 0.424. The van der Waals surface area contributed by atoms with Crippen LogP contribution in [0.1, 0.15) is 11.1 Å². The highest BCUT2D eigenvalue weighted by molar-refractivity contribution is 14.1. The summed E-state index contributed by atoms with van der Waals surface area (Å²) in [6.45, 7) is 4.54. The molecule has 0 saturated carbocycles. The van der Waals surface area contributed by atoms with Gasteiger partial charge in [0.25, 0.3) is 0 Å². The summed E-state index contributed by atoms with van der Waals surface area (Å²) in [7, 11) is 0. The van der Waals surface area contributed by atoms with E-state index in [1.165, 1.54) is 8.47 Å². The summed E-state index contributed by atoms with van der Waals surface area (Å²) in [6.07, 6.45) is 3.39. The van der Waals surface area contributed by atoms with E-state index in [1.807, 2.05) is 12.1 Å². The van der Waals surface area contributed by atoms with Gasteiger partial charge >= 0.3 is 0 Å². The Morgan fingerprint density at radius 3 is 2.62 bits per heavy atom. The molecule has 0 bridgehead atoms. The molecular weight excluding hydrogens is 481 g/mol. The van der Waals surface area contributed by atoms with E-state index in [4.69, 9.17) is 16.3 Å². The monoisotopic (exact) mass is 499 g/mol. The molecule has 0 atom stereocenters. The molecule has 0 N–H and O–H groups in total. The molecule has 0 unspecified atom stereocenters. The van der Waals surface area contributed by atoms with E-state index in [2.05, 4.69) is 53.8 Å². The lowest BCUT2D eigenvalue weighted by Gasteiger charge is -2.25. The first-order valence-corrected chi connectivity index (χ1v) is 10.6. The van der Waals surface area contributed by atoms with Crippen molar-refractivity contribution in [2.45, 2.75) is 16.7 Å². The van der Waals surface area contributed by atoms with Crippen LogP contribution in [-0.2, 0) is 9.53 Å². The fraction of sp³-hybridized carbons (Fsp3) is 0.250. The Hall–Kier alpha value is -1.02. The van der Waals surface area contributed by atoms with Gasteiger partial charge < -0.3 is 9.64 Å². The smallest absolute Gasteiger partial charge is 0.246 e. The van der Waals surface area contributed by atoms with Crippen LogP contribution in [0.2, 0.25) is 5.02 Å². The van der Waals surface area contributed by atoms with E-state index in [0.717, 1.165) is 16.0 Å². The zero-order chi connectivity index (χ0) is 18.5. The van der Waals surface area contributed by atoms with E-state index in [9.17, 15) is 4.79 Å². The minimum atomic E-state index is -0.000593. The molecule has 136 valence electrons.